The second kappa shape index (κ2) is 8.82. The first kappa shape index (κ1) is 22.1. The molecule has 1 heterocycles. The van der Waals surface area contributed by atoms with Gasteiger partial charge in [-0.2, -0.15) is 0 Å². The molecule has 0 saturated heterocycles. The Morgan fingerprint density at radius 3 is 2.22 bits per heavy atom. The molecule has 0 radical (unpaired) electrons. The van der Waals surface area contributed by atoms with Gasteiger partial charge in [0.2, 0.25) is 0 Å². The molecule has 3 heteroatoms. The normalized spacial score (nSPS) is 17.6. The van der Waals surface area contributed by atoms with E-state index in [0.717, 1.165) is 29.2 Å². The molecule has 3 aromatic rings. The lowest BCUT2D eigenvalue weighted by Gasteiger charge is -2.50. The van der Waals surface area contributed by atoms with Gasteiger partial charge in [0.15, 0.2) is 0 Å². The van der Waals surface area contributed by atoms with Crippen LogP contribution in [0.15, 0.2) is 71.7 Å². The molecule has 4 rings (SSSR count). The molecular weight excluding hydrogens is 392 g/mol. The number of aryl methyl sites for hydroxylation is 1. The van der Waals surface area contributed by atoms with E-state index in [2.05, 4.69) is 76.8 Å². The summed E-state index contributed by atoms with van der Waals surface area (Å²) in [5, 5.41) is 0. The van der Waals surface area contributed by atoms with Gasteiger partial charge in [0.05, 0.1) is 5.69 Å². The number of nitrogens with zero attached hydrogens (tertiary/aromatic N) is 2. The van der Waals surface area contributed by atoms with Crippen LogP contribution in [0.2, 0.25) is 0 Å². The molecule has 0 spiro atoms. The van der Waals surface area contributed by atoms with Crippen LogP contribution in [0.3, 0.4) is 0 Å². The van der Waals surface area contributed by atoms with Crippen molar-refractivity contribution in [2.45, 2.75) is 65.5 Å². The Labute approximate surface area is 192 Å². The summed E-state index contributed by atoms with van der Waals surface area (Å²) < 4.78 is 5.91. The molecule has 0 bridgehead atoms. The van der Waals surface area contributed by atoms with Gasteiger partial charge in [0.25, 0.3) is 0 Å². The Balaban J connectivity index is 1.50. The Hall–Kier alpha value is -3.07. The van der Waals surface area contributed by atoms with E-state index in [1.54, 1.807) is 0 Å². The average molecular weight is 427 g/mol. The van der Waals surface area contributed by atoms with Crippen LogP contribution in [0.4, 0.5) is 11.4 Å². The summed E-state index contributed by atoms with van der Waals surface area (Å²) in [4.78, 5) is 7.26. The number of ether oxygens (including phenoxy) is 1. The lowest BCUT2D eigenvalue weighted by Crippen LogP contribution is -2.51. The average Bonchev–Trinajstić information content (AvgIpc) is 2.74. The van der Waals surface area contributed by atoms with Crippen molar-refractivity contribution in [1.29, 1.82) is 0 Å². The van der Waals surface area contributed by atoms with Gasteiger partial charge in [-0.25, -0.2) is 0 Å². The van der Waals surface area contributed by atoms with E-state index in [4.69, 9.17) is 9.73 Å². The number of hydrogen-bond acceptors (Lipinski definition) is 3. The molecule has 0 N–H and O–H groups in total. The summed E-state index contributed by atoms with van der Waals surface area (Å²) in [5.41, 5.74) is 6.22. The van der Waals surface area contributed by atoms with Crippen molar-refractivity contribution in [3.8, 4) is 11.5 Å². The third kappa shape index (κ3) is 4.72. The molecule has 0 unspecified atom stereocenters. The second-order valence-electron chi connectivity index (χ2n) is 9.87. The molecule has 1 aliphatic heterocycles. The van der Waals surface area contributed by atoms with E-state index in [1.165, 1.54) is 16.8 Å². The topological polar surface area (TPSA) is 24.8 Å². The predicted octanol–water partition coefficient (Wildman–Crippen LogP) is 8.04. The molecule has 0 fully saturated rings. The first-order chi connectivity index (χ1) is 15.2. The highest BCUT2D eigenvalue weighted by Gasteiger charge is 2.37. The largest absolute Gasteiger partial charge is 0.457 e. The standard InChI is InChI=1S/C29H34N2O/c1-20(2)31-28-16-9-23(17-27(28)22(4)18-29(31,5)6)19-30-24-10-14-26(15-11-24)32-25-12-7-21(3)8-13-25/h7-17,19-20,22H,18H2,1-6H3/t22-/m1/s1. The number of anilines is 1. The van der Waals surface area contributed by atoms with Crippen LogP contribution in [-0.2, 0) is 0 Å². The SMILES string of the molecule is Cc1ccc(Oc2ccc(N=Cc3ccc4c(c3)[C@H](C)CC(C)(C)N4C(C)C)cc2)cc1. The summed E-state index contributed by atoms with van der Waals surface area (Å²) in [6.07, 6.45) is 3.11. The van der Waals surface area contributed by atoms with E-state index in [1.807, 2.05) is 42.6 Å². The van der Waals surface area contributed by atoms with E-state index in [0.29, 0.717) is 12.0 Å². The Bertz CT molecular complexity index is 1100. The minimum Gasteiger partial charge on any atom is -0.457 e. The van der Waals surface area contributed by atoms with Crippen LogP contribution in [0.5, 0.6) is 11.5 Å². The molecule has 1 aliphatic rings. The highest BCUT2D eigenvalue weighted by Crippen LogP contribution is 2.44. The fourth-order valence-corrected chi connectivity index (χ4v) is 5.02. The van der Waals surface area contributed by atoms with E-state index in [9.17, 15) is 0 Å². The predicted molar refractivity (Wildman–Crippen MR) is 136 cm³/mol. The smallest absolute Gasteiger partial charge is 0.127 e. The summed E-state index contributed by atoms with van der Waals surface area (Å²) in [6.45, 7) is 13.7. The quantitative estimate of drug-likeness (QED) is 0.386. The Morgan fingerprint density at radius 1 is 0.969 bits per heavy atom. The van der Waals surface area contributed by atoms with Gasteiger partial charge in [-0.15, -0.1) is 0 Å². The van der Waals surface area contributed by atoms with Gasteiger partial charge in [0.1, 0.15) is 11.5 Å². The first-order valence-corrected chi connectivity index (χ1v) is 11.5. The summed E-state index contributed by atoms with van der Waals surface area (Å²) in [7, 11) is 0. The van der Waals surface area contributed by atoms with Crippen LogP contribution in [0.1, 0.15) is 63.6 Å². The zero-order valence-electron chi connectivity index (χ0n) is 20.1. The number of hydrogen-bond donors (Lipinski definition) is 0. The lowest BCUT2D eigenvalue weighted by molar-refractivity contribution is 0.356. The zero-order chi connectivity index (χ0) is 22.9. The summed E-state index contributed by atoms with van der Waals surface area (Å²) >= 11 is 0. The van der Waals surface area contributed by atoms with Crippen molar-refractivity contribution in [3.63, 3.8) is 0 Å². The fraction of sp³-hybridized carbons (Fsp3) is 0.345. The van der Waals surface area contributed by atoms with Crippen LogP contribution >= 0.6 is 0 Å². The van der Waals surface area contributed by atoms with Gasteiger partial charge in [-0.3, -0.25) is 4.99 Å². The van der Waals surface area contributed by atoms with Crippen molar-refractivity contribution in [2.24, 2.45) is 4.99 Å². The van der Waals surface area contributed by atoms with Crippen molar-refractivity contribution >= 4 is 17.6 Å². The van der Waals surface area contributed by atoms with Crippen molar-refractivity contribution in [2.75, 3.05) is 4.90 Å². The summed E-state index contributed by atoms with van der Waals surface area (Å²) in [6, 6.07) is 23.2. The zero-order valence-corrected chi connectivity index (χ0v) is 20.1. The van der Waals surface area contributed by atoms with Gasteiger partial charge >= 0.3 is 0 Å². The van der Waals surface area contributed by atoms with Crippen LogP contribution in [0, 0.1) is 6.92 Å². The number of fused-ring (bicyclic) bond motifs is 1. The van der Waals surface area contributed by atoms with Crippen molar-refractivity contribution < 1.29 is 4.74 Å². The maximum Gasteiger partial charge on any atom is 0.127 e. The van der Waals surface area contributed by atoms with Crippen molar-refractivity contribution in [3.05, 3.63) is 83.4 Å². The second-order valence-corrected chi connectivity index (χ2v) is 9.87. The summed E-state index contributed by atoms with van der Waals surface area (Å²) in [5.74, 6) is 2.18. The van der Waals surface area contributed by atoms with E-state index < -0.39 is 0 Å². The van der Waals surface area contributed by atoms with Gasteiger partial charge in [-0.05, 0) is 107 Å². The minimum atomic E-state index is 0.165. The maximum atomic E-state index is 5.91. The molecule has 0 aromatic heterocycles. The highest BCUT2D eigenvalue weighted by molar-refractivity contribution is 5.84. The molecule has 3 nitrogen and oxygen atoms in total. The first-order valence-electron chi connectivity index (χ1n) is 11.5. The fourth-order valence-electron chi connectivity index (χ4n) is 5.02. The van der Waals surface area contributed by atoms with Crippen molar-refractivity contribution in [1.82, 2.24) is 0 Å². The van der Waals surface area contributed by atoms with Crippen LogP contribution in [-0.4, -0.2) is 17.8 Å². The van der Waals surface area contributed by atoms with Gasteiger partial charge in [-0.1, -0.05) is 30.7 Å². The monoisotopic (exact) mass is 426 g/mol. The molecule has 0 aliphatic carbocycles. The number of rotatable bonds is 5. The number of aliphatic imine (C=N–C) groups is 1. The lowest BCUT2D eigenvalue weighted by atomic mass is 9.79. The minimum absolute atomic E-state index is 0.165. The van der Waals surface area contributed by atoms with Gasteiger partial charge < -0.3 is 9.64 Å². The molecule has 0 saturated carbocycles. The van der Waals surface area contributed by atoms with E-state index >= 15 is 0 Å². The molecular formula is C29H34N2O. The number of benzene rings is 3. The maximum absolute atomic E-state index is 5.91. The Kier molecular flexibility index (Phi) is 6.10. The molecule has 0 amide bonds. The Morgan fingerprint density at radius 2 is 1.59 bits per heavy atom. The highest BCUT2D eigenvalue weighted by atomic mass is 16.5. The third-order valence-corrected chi connectivity index (χ3v) is 6.27. The van der Waals surface area contributed by atoms with Crippen LogP contribution < -0.4 is 9.64 Å². The third-order valence-electron chi connectivity index (χ3n) is 6.27. The van der Waals surface area contributed by atoms with Gasteiger partial charge in [0, 0.05) is 23.5 Å². The molecule has 166 valence electrons. The van der Waals surface area contributed by atoms with Crippen LogP contribution in [0.25, 0.3) is 0 Å². The molecule has 1 atom stereocenters. The molecule has 32 heavy (non-hydrogen) atoms. The van der Waals surface area contributed by atoms with E-state index in [-0.39, 0.29) is 5.54 Å². The molecule has 3 aromatic carbocycles.